The highest BCUT2D eigenvalue weighted by Crippen LogP contribution is 2.28. The molecular formula is C12H12F3NO3. The van der Waals surface area contributed by atoms with Crippen molar-refractivity contribution in [3.63, 3.8) is 0 Å². The lowest BCUT2D eigenvalue weighted by molar-refractivity contribution is -0.138. The summed E-state index contributed by atoms with van der Waals surface area (Å²) in [4.78, 5) is 23.3. The van der Waals surface area contributed by atoms with Gasteiger partial charge in [-0.1, -0.05) is 0 Å². The predicted octanol–water partition coefficient (Wildman–Crippen LogP) is 1.47. The maximum Gasteiger partial charge on any atom is 0.417 e. The van der Waals surface area contributed by atoms with Crippen molar-refractivity contribution in [2.24, 2.45) is 5.92 Å². The van der Waals surface area contributed by atoms with Crippen molar-refractivity contribution in [3.05, 3.63) is 34.2 Å². The highest BCUT2D eigenvalue weighted by atomic mass is 19.4. The van der Waals surface area contributed by atoms with E-state index in [0.29, 0.717) is 25.3 Å². The maximum atomic E-state index is 12.5. The number of alkyl halides is 3. The molecule has 0 saturated carbocycles. The second-order valence-electron chi connectivity index (χ2n) is 4.41. The third-order valence-corrected chi connectivity index (χ3v) is 3.02. The van der Waals surface area contributed by atoms with Gasteiger partial charge in [0.1, 0.15) is 0 Å². The van der Waals surface area contributed by atoms with Gasteiger partial charge in [-0.25, -0.2) is 0 Å². The van der Waals surface area contributed by atoms with E-state index >= 15 is 0 Å². The van der Waals surface area contributed by atoms with Gasteiger partial charge in [-0.15, -0.1) is 0 Å². The standard InChI is InChI=1S/C12H12F3NO3/c13-12(14,15)9-1-2-11(18)16(5-9)6-10(17)8-3-4-19-7-8/h1-2,5,8H,3-4,6-7H2. The molecule has 1 fully saturated rings. The smallest absolute Gasteiger partial charge is 0.381 e. The molecule has 2 rings (SSSR count). The lowest BCUT2D eigenvalue weighted by Crippen LogP contribution is -2.28. The molecule has 0 radical (unpaired) electrons. The summed E-state index contributed by atoms with van der Waals surface area (Å²) in [6.45, 7) is 0.386. The number of nitrogens with zero attached hydrogens (tertiary/aromatic N) is 1. The molecule has 1 aliphatic heterocycles. The van der Waals surface area contributed by atoms with E-state index in [4.69, 9.17) is 4.74 Å². The van der Waals surface area contributed by atoms with Gasteiger partial charge in [0.2, 0.25) is 0 Å². The summed E-state index contributed by atoms with van der Waals surface area (Å²) < 4.78 is 43.4. The Bertz CT molecular complexity index is 530. The van der Waals surface area contributed by atoms with Crippen LogP contribution in [0, 0.1) is 5.92 Å². The van der Waals surface area contributed by atoms with Gasteiger partial charge in [-0.3, -0.25) is 9.59 Å². The SMILES string of the molecule is O=C(Cn1cc(C(F)(F)F)ccc1=O)C1CCOC1. The van der Waals surface area contributed by atoms with E-state index in [9.17, 15) is 22.8 Å². The number of ether oxygens (including phenoxy) is 1. The number of hydrogen-bond donors (Lipinski definition) is 0. The Labute approximate surface area is 106 Å². The summed E-state index contributed by atoms with van der Waals surface area (Å²) in [5, 5.41) is 0. The lowest BCUT2D eigenvalue weighted by atomic mass is 10.0. The summed E-state index contributed by atoms with van der Waals surface area (Å²) in [7, 11) is 0. The van der Waals surface area contributed by atoms with Crippen LogP contribution in [0.3, 0.4) is 0 Å². The molecule has 104 valence electrons. The first-order chi connectivity index (χ1) is 8.88. The highest BCUT2D eigenvalue weighted by Gasteiger charge is 2.31. The quantitative estimate of drug-likeness (QED) is 0.839. The second-order valence-corrected chi connectivity index (χ2v) is 4.41. The first-order valence-electron chi connectivity index (χ1n) is 5.76. The molecule has 0 spiro atoms. The van der Waals surface area contributed by atoms with E-state index in [1.54, 1.807) is 0 Å². The van der Waals surface area contributed by atoms with Crippen molar-refractivity contribution >= 4 is 5.78 Å². The molecule has 0 aliphatic carbocycles. The van der Waals surface area contributed by atoms with E-state index in [2.05, 4.69) is 0 Å². The minimum atomic E-state index is -4.53. The fraction of sp³-hybridized carbons (Fsp3) is 0.500. The third kappa shape index (κ3) is 3.23. The van der Waals surface area contributed by atoms with Gasteiger partial charge >= 0.3 is 6.18 Å². The van der Waals surface area contributed by atoms with Crippen LogP contribution in [0.5, 0.6) is 0 Å². The molecule has 1 aromatic heterocycles. The zero-order chi connectivity index (χ0) is 14.0. The van der Waals surface area contributed by atoms with Crippen LogP contribution in [-0.2, 0) is 22.3 Å². The van der Waals surface area contributed by atoms with Crippen molar-refractivity contribution in [2.75, 3.05) is 13.2 Å². The Morgan fingerprint density at radius 3 is 2.74 bits per heavy atom. The monoisotopic (exact) mass is 275 g/mol. The lowest BCUT2D eigenvalue weighted by Gasteiger charge is -2.11. The first kappa shape index (κ1) is 13.8. The molecule has 0 bridgehead atoms. The van der Waals surface area contributed by atoms with Crippen LogP contribution in [0.1, 0.15) is 12.0 Å². The highest BCUT2D eigenvalue weighted by molar-refractivity contribution is 5.81. The zero-order valence-corrected chi connectivity index (χ0v) is 9.94. The molecule has 1 aliphatic rings. The number of carbonyl (C=O) groups excluding carboxylic acids is 1. The van der Waals surface area contributed by atoms with Gasteiger partial charge in [0.25, 0.3) is 5.56 Å². The first-order valence-corrected chi connectivity index (χ1v) is 5.76. The van der Waals surface area contributed by atoms with Crippen LogP contribution >= 0.6 is 0 Å². The molecule has 0 aromatic carbocycles. The maximum absolute atomic E-state index is 12.5. The Morgan fingerprint density at radius 2 is 2.16 bits per heavy atom. The van der Waals surface area contributed by atoms with E-state index in [-0.39, 0.29) is 24.9 Å². The Hall–Kier alpha value is -1.63. The van der Waals surface area contributed by atoms with E-state index in [1.165, 1.54) is 0 Å². The molecule has 1 unspecified atom stereocenters. The Balaban J connectivity index is 2.19. The number of hydrogen-bond acceptors (Lipinski definition) is 3. The van der Waals surface area contributed by atoms with Crippen LogP contribution in [-0.4, -0.2) is 23.6 Å². The number of pyridine rings is 1. The van der Waals surface area contributed by atoms with Gasteiger partial charge in [-0.2, -0.15) is 13.2 Å². The molecule has 0 N–H and O–H groups in total. The normalized spacial score (nSPS) is 19.6. The molecule has 0 amide bonds. The van der Waals surface area contributed by atoms with Crippen LogP contribution in [0.15, 0.2) is 23.1 Å². The van der Waals surface area contributed by atoms with Crippen molar-refractivity contribution < 1.29 is 22.7 Å². The van der Waals surface area contributed by atoms with Crippen molar-refractivity contribution in [2.45, 2.75) is 19.1 Å². The number of rotatable bonds is 3. The summed E-state index contributed by atoms with van der Waals surface area (Å²) in [6.07, 6.45) is -3.31. The van der Waals surface area contributed by atoms with Crippen LogP contribution in [0.4, 0.5) is 13.2 Å². The Morgan fingerprint density at radius 1 is 1.42 bits per heavy atom. The van der Waals surface area contributed by atoms with E-state index in [1.807, 2.05) is 0 Å². The zero-order valence-electron chi connectivity index (χ0n) is 9.94. The average Bonchev–Trinajstić information content (AvgIpc) is 2.84. The Kier molecular flexibility index (Phi) is 3.75. The number of halogens is 3. The van der Waals surface area contributed by atoms with Crippen LogP contribution in [0.25, 0.3) is 0 Å². The molecular weight excluding hydrogens is 263 g/mol. The van der Waals surface area contributed by atoms with Crippen LogP contribution < -0.4 is 5.56 Å². The van der Waals surface area contributed by atoms with Crippen molar-refractivity contribution in [1.29, 1.82) is 0 Å². The fourth-order valence-electron chi connectivity index (χ4n) is 1.91. The van der Waals surface area contributed by atoms with E-state index in [0.717, 1.165) is 10.6 Å². The number of ketones is 1. The molecule has 1 aromatic rings. The molecule has 4 nitrogen and oxygen atoms in total. The minimum absolute atomic E-state index is 0.270. The summed E-state index contributed by atoms with van der Waals surface area (Å²) in [6, 6.07) is 1.53. The van der Waals surface area contributed by atoms with Gasteiger partial charge in [-0.05, 0) is 12.5 Å². The second kappa shape index (κ2) is 5.16. The van der Waals surface area contributed by atoms with E-state index < -0.39 is 17.3 Å². The van der Waals surface area contributed by atoms with Gasteiger partial charge in [0, 0.05) is 24.8 Å². The number of Topliss-reactive ketones (excluding diaryl/α,β-unsaturated/α-hetero) is 1. The summed E-state index contributed by atoms with van der Waals surface area (Å²) in [5.41, 5.74) is -1.57. The summed E-state index contributed by atoms with van der Waals surface area (Å²) in [5.74, 6) is -0.611. The van der Waals surface area contributed by atoms with Gasteiger partial charge in [0.05, 0.1) is 18.7 Å². The largest absolute Gasteiger partial charge is 0.417 e. The van der Waals surface area contributed by atoms with Gasteiger partial charge < -0.3 is 9.30 Å². The predicted molar refractivity (Wildman–Crippen MR) is 59.6 cm³/mol. The molecule has 2 heterocycles. The molecule has 7 heteroatoms. The van der Waals surface area contributed by atoms with Gasteiger partial charge in [0.15, 0.2) is 5.78 Å². The number of aromatic nitrogens is 1. The van der Waals surface area contributed by atoms with Crippen molar-refractivity contribution in [3.8, 4) is 0 Å². The van der Waals surface area contributed by atoms with Crippen LogP contribution in [0.2, 0.25) is 0 Å². The molecule has 1 saturated heterocycles. The topological polar surface area (TPSA) is 48.3 Å². The van der Waals surface area contributed by atoms with Crippen molar-refractivity contribution in [1.82, 2.24) is 4.57 Å². The number of carbonyl (C=O) groups is 1. The summed E-state index contributed by atoms with van der Waals surface area (Å²) >= 11 is 0. The molecule has 1 atom stereocenters. The minimum Gasteiger partial charge on any atom is -0.381 e. The third-order valence-electron chi connectivity index (χ3n) is 3.02. The fourth-order valence-corrected chi connectivity index (χ4v) is 1.91. The average molecular weight is 275 g/mol. The molecule has 19 heavy (non-hydrogen) atoms.